The molecule has 1 aliphatic rings. The molecule has 2 aromatic heterocycles. The van der Waals surface area contributed by atoms with E-state index in [0.717, 1.165) is 56.2 Å². The standard InChI is InChI=1S/C27H32N6O4/c1-32-10-12-33(13-11-32)9-4-14-36-25-16-23-21(15-24(25)35-3)27(29-18-28-23)37-26-17-22(30-31-26)19-5-7-20(34-2)8-6-19/h5-8,15-18H,4,9-14H2,1-3H3,(H,30,31). The number of fused-ring (bicyclic) bond motifs is 1. The number of hydrogen-bond donors (Lipinski definition) is 1. The predicted octanol–water partition coefficient (Wildman–Crippen LogP) is 3.85. The maximum absolute atomic E-state index is 6.09. The van der Waals surface area contributed by atoms with Crippen molar-refractivity contribution in [2.75, 3.05) is 60.6 Å². The normalized spacial score (nSPS) is 14.6. The fourth-order valence-electron chi connectivity index (χ4n) is 4.31. The topological polar surface area (TPSA) is 97.9 Å². The van der Waals surface area contributed by atoms with E-state index in [4.69, 9.17) is 18.9 Å². The van der Waals surface area contributed by atoms with Crippen LogP contribution in [-0.4, -0.2) is 90.6 Å². The van der Waals surface area contributed by atoms with Crippen molar-refractivity contribution in [3.05, 3.63) is 48.8 Å². The Kier molecular flexibility index (Phi) is 7.67. The van der Waals surface area contributed by atoms with Gasteiger partial charge in [-0.15, -0.1) is 5.10 Å². The third-order valence-corrected chi connectivity index (χ3v) is 6.51. The number of H-pyrrole nitrogens is 1. The molecule has 194 valence electrons. The first-order valence-electron chi connectivity index (χ1n) is 12.4. The highest BCUT2D eigenvalue weighted by atomic mass is 16.5. The minimum Gasteiger partial charge on any atom is -0.497 e. The van der Waals surface area contributed by atoms with Crippen LogP contribution >= 0.6 is 0 Å². The number of nitrogens with one attached hydrogen (secondary N) is 1. The lowest BCUT2D eigenvalue weighted by atomic mass is 10.1. The Morgan fingerprint density at radius 3 is 2.49 bits per heavy atom. The Hall–Kier alpha value is -3.89. The summed E-state index contributed by atoms with van der Waals surface area (Å²) in [5.41, 5.74) is 2.48. The summed E-state index contributed by atoms with van der Waals surface area (Å²) in [5.74, 6) is 2.83. The molecule has 0 saturated carbocycles. The van der Waals surface area contributed by atoms with Gasteiger partial charge in [0, 0.05) is 44.9 Å². The number of piperazine rings is 1. The highest BCUT2D eigenvalue weighted by molar-refractivity contribution is 5.87. The van der Waals surface area contributed by atoms with Crippen molar-refractivity contribution in [1.82, 2.24) is 30.0 Å². The number of rotatable bonds is 10. The van der Waals surface area contributed by atoms with Gasteiger partial charge in [0.25, 0.3) is 0 Å². The Balaban J connectivity index is 1.27. The molecule has 10 heteroatoms. The number of methoxy groups -OCH3 is 2. The minimum atomic E-state index is 0.387. The van der Waals surface area contributed by atoms with Crippen LogP contribution in [0, 0.1) is 0 Å². The molecule has 10 nitrogen and oxygen atoms in total. The molecule has 37 heavy (non-hydrogen) atoms. The SMILES string of the molecule is COc1ccc(-c2cc(Oc3ncnc4cc(OCCCN5CCN(C)CC5)c(OC)cc34)n[nH]2)cc1. The highest BCUT2D eigenvalue weighted by Crippen LogP contribution is 2.36. The Labute approximate surface area is 216 Å². The predicted molar refractivity (Wildman–Crippen MR) is 141 cm³/mol. The lowest BCUT2D eigenvalue weighted by molar-refractivity contribution is 0.145. The number of aromatic amines is 1. The molecule has 0 radical (unpaired) electrons. The van der Waals surface area contributed by atoms with E-state index in [-0.39, 0.29) is 0 Å². The van der Waals surface area contributed by atoms with Crippen molar-refractivity contribution >= 4 is 10.9 Å². The van der Waals surface area contributed by atoms with E-state index in [0.29, 0.717) is 40.8 Å². The average molecular weight is 505 g/mol. The first kappa shape index (κ1) is 24.8. The van der Waals surface area contributed by atoms with Crippen molar-refractivity contribution in [2.45, 2.75) is 6.42 Å². The molecule has 4 aromatic rings. The third kappa shape index (κ3) is 5.92. The number of nitrogens with zero attached hydrogens (tertiary/aromatic N) is 5. The van der Waals surface area contributed by atoms with Crippen LogP contribution in [0.3, 0.4) is 0 Å². The summed E-state index contributed by atoms with van der Waals surface area (Å²) >= 11 is 0. The molecule has 0 amide bonds. The van der Waals surface area contributed by atoms with Gasteiger partial charge < -0.3 is 28.7 Å². The Morgan fingerprint density at radius 2 is 1.73 bits per heavy atom. The summed E-state index contributed by atoms with van der Waals surface area (Å²) in [4.78, 5) is 13.6. The van der Waals surface area contributed by atoms with Crippen LogP contribution in [-0.2, 0) is 0 Å². The van der Waals surface area contributed by atoms with Gasteiger partial charge >= 0.3 is 0 Å². The van der Waals surface area contributed by atoms with Gasteiger partial charge in [0.1, 0.15) is 12.1 Å². The number of benzene rings is 2. The molecule has 5 rings (SSSR count). The molecular weight excluding hydrogens is 472 g/mol. The summed E-state index contributed by atoms with van der Waals surface area (Å²) in [6, 6.07) is 13.2. The third-order valence-electron chi connectivity index (χ3n) is 6.51. The average Bonchev–Trinajstić information content (AvgIpc) is 3.40. The van der Waals surface area contributed by atoms with Gasteiger partial charge in [0.2, 0.25) is 11.8 Å². The second kappa shape index (κ2) is 11.4. The van der Waals surface area contributed by atoms with Crippen molar-refractivity contribution in [3.63, 3.8) is 0 Å². The maximum Gasteiger partial charge on any atom is 0.240 e. The smallest absolute Gasteiger partial charge is 0.240 e. The molecule has 1 N–H and O–H groups in total. The van der Waals surface area contributed by atoms with Crippen molar-refractivity contribution in [2.24, 2.45) is 0 Å². The van der Waals surface area contributed by atoms with Gasteiger partial charge in [0.15, 0.2) is 11.5 Å². The Morgan fingerprint density at radius 1 is 0.919 bits per heavy atom. The van der Waals surface area contributed by atoms with Crippen LogP contribution in [0.25, 0.3) is 22.2 Å². The van der Waals surface area contributed by atoms with Gasteiger partial charge in [-0.05, 0) is 49.4 Å². The largest absolute Gasteiger partial charge is 0.497 e. The first-order valence-corrected chi connectivity index (χ1v) is 12.4. The molecule has 0 atom stereocenters. The van der Waals surface area contributed by atoms with E-state index in [1.54, 1.807) is 14.2 Å². The molecule has 3 heterocycles. The van der Waals surface area contributed by atoms with Crippen molar-refractivity contribution in [1.29, 1.82) is 0 Å². The quantitative estimate of drug-likeness (QED) is 0.323. The summed E-state index contributed by atoms with van der Waals surface area (Å²) in [6.07, 6.45) is 2.41. The second-order valence-electron chi connectivity index (χ2n) is 9.00. The zero-order valence-corrected chi connectivity index (χ0v) is 21.4. The number of ether oxygens (including phenoxy) is 4. The zero-order chi connectivity index (χ0) is 25.6. The van der Waals surface area contributed by atoms with E-state index in [9.17, 15) is 0 Å². The van der Waals surface area contributed by atoms with Gasteiger partial charge in [-0.25, -0.2) is 9.97 Å². The van der Waals surface area contributed by atoms with Gasteiger partial charge in [-0.2, -0.15) is 0 Å². The first-order chi connectivity index (χ1) is 18.1. The van der Waals surface area contributed by atoms with E-state index in [1.807, 2.05) is 42.5 Å². The van der Waals surface area contributed by atoms with E-state index < -0.39 is 0 Å². The molecule has 0 aliphatic carbocycles. The summed E-state index contributed by atoms with van der Waals surface area (Å²) in [7, 11) is 5.43. The number of hydrogen-bond acceptors (Lipinski definition) is 9. The van der Waals surface area contributed by atoms with Gasteiger partial charge in [-0.3, -0.25) is 5.10 Å². The van der Waals surface area contributed by atoms with Crippen molar-refractivity contribution < 1.29 is 18.9 Å². The lowest BCUT2D eigenvalue weighted by Crippen LogP contribution is -2.44. The molecule has 1 fully saturated rings. The Bertz CT molecular complexity index is 1320. The molecule has 1 aliphatic heterocycles. The number of likely N-dealkylation sites (N-methyl/N-ethyl adjacent to an activating group) is 1. The zero-order valence-electron chi connectivity index (χ0n) is 21.4. The molecule has 0 bridgehead atoms. The van der Waals surface area contributed by atoms with Gasteiger partial charge in [-0.1, -0.05) is 0 Å². The van der Waals surface area contributed by atoms with Crippen LogP contribution in [0.1, 0.15) is 6.42 Å². The van der Waals surface area contributed by atoms with E-state index >= 15 is 0 Å². The van der Waals surface area contributed by atoms with Crippen LogP contribution in [0.4, 0.5) is 0 Å². The fraction of sp³-hybridized carbons (Fsp3) is 0.370. The van der Waals surface area contributed by atoms with Crippen LogP contribution < -0.4 is 18.9 Å². The summed E-state index contributed by atoms with van der Waals surface area (Å²) in [6.45, 7) is 6.06. The number of aromatic nitrogens is 4. The van der Waals surface area contributed by atoms with Crippen molar-refractivity contribution in [3.8, 4) is 40.3 Å². The van der Waals surface area contributed by atoms with Gasteiger partial charge in [0.05, 0.1) is 37.4 Å². The molecule has 0 unspecified atom stereocenters. The fourth-order valence-corrected chi connectivity index (χ4v) is 4.31. The second-order valence-corrected chi connectivity index (χ2v) is 9.00. The monoisotopic (exact) mass is 504 g/mol. The van der Waals surface area contributed by atoms with E-state index in [2.05, 4.69) is 37.0 Å². The maximum atomic E-state index is 6.09. The summed E-state index contributed by atoms with van der Waals surface area (Å²) < 4.78 is 23.0. The van der Waals surface area contributed by atoms with Crippen LogP contribution in [0.15, 0.2) is 48.8 Å². The summed E-state index contributed by atoms with van der Waals surface area (Å²) in [5, 5.41) is 8.00. The molecular formula is C27H32N6O4. The van der Waals surface area contributed by atoms with E-state index in [1.165, 1.54) is 6.33 Å². The molecule has 0 spiro atoms. The highest BCUT2D eigenvalue weighted by Gasteiger charge is 2.16. The minimum absolute atomic E-state index is 0.387. The molecule has 2 aromatic carbocycles. The van der Waals surface area contributed by atoms with Crippen LogP contribution in [0.2, 0.25) is 0 Å². The van der Waals surface area contributed by atoms with Crippen LogP contribution in [0.5, 0.6) is 29.0 Å². The molecule has 1 saturated heterocycles. The lowest BCUT2D eigenvalue weighted by Gasteiger charge is -2.32.